The minimum absolute atomic E-state index is 0. The topological polar surface area (TPSA) is 96.2 Å². The van der Waals surface area contributed by atoms with Crippen molar-refractivity contribution in [2.75, 3.05) is 17.7 Å². The number of urea groups is 1. The van der Waals surface area contributed by atoms with Crippen molar-refractivity contribution >= 4 is 35.7 Å². The molecule has 0 aliphatic carbocycles. The largest absolute Gasteiger partial charge is 0.341 e. The number of amides is 3. The molecule has 0 fully saturated rings. The number of halogens is 1. The van der Waals surface area contributed by atoms with Crippen LogP contribution in [-0.4, -0.2) is 24.5 Å². The summed E-state index contributed by atoms with van der Waals surface area (Å²) < 4.78 is 0. The van der Waals surface area contributed by atoms with E-state index in [0.717, 1.165) is 6.42 Å². The number of anilines is 2. The number of carbonyl (C=O) groups excluding carboxylic acids is 2. The van der Waals surface area contributed by atoms with Gasteiger partial charge in [0.25, 0.3) is 0 Å². The number of carbonyl (C=O) groups is 2. The van der Waals surface area contributed by atoms with Gasteiger partial charge in [0, 0.05) is 18.4 Å². The van der Waals surface area contributed by atoms with Crippen molar-refractivity contribution in [2.45, 2.75) is 32.2 Å². The van der Waals surface area contributed by atoms with Crippen molar-refractivity contribution < 1.29 is 9.59 Å². The van der Waals surface area contributed by atoms with Gasteiger partial charge in [0.1, 0.15) is 0 Å². The molecule has 0 saturated carbocycles. The third-order valence-electron chi connectivity index (χ3n) is 2.89. The molecule has 0 spiro atoms. The van der Waals surface area contributed by atoms with E-state index < -0.39 is 5.54 Å². The highest BCUT2D eigenvalue weighted by atomic mass is 35.5. The minimum Gasteiger partial charge on any atom is -0.341 e. The second-order valence-corrected chi connectivity index (χ2v) is 4.91. The predicted molar refractivity (Wildman–Crippen MR) is 87.9 cm³/mol. The van der Waals surface area contributed by atoms with E-state index in [1.807, 2.05) is 6.92 Å². The Hall–Kier alpha value is -1.79. The zero-order valence-corrected chi connectivity index (χ0v) is 13.3. The molecule has 0 radical (unpaired) electrons. The Balaban J connectivity index is 0.00000400. The normalized spacial score (nSPS) is 12.6. The molecule has 7 heteroatoms. The Labute approximate surface area is 131 Å². The van der Waals surface area contributed by atoms with E-state index in [-0.39, 0.29) is 24.3 Å². The van der Waals surface area contributed by atoms with Crippen LogP contribution in [-0.2, 0) is 4.79 Å². The average molecular weight is 315 g/mol. The summed E-state index contributed by atoms with van der Waals surface area (Å²) in [5.41, 5.74) is 6.25. The fraction of sp³-hybridized carbons (Fsp3) is 0.429. The molecule has 0 heterocycles. The second-order valence-electron chi connectivity index (χ2n) is 4.91. The van der Waals surface area contributed by atoms with Crippen LogP contribution in [0.25, 0.3) is 0 Å². The lowest BCUT2D eigenvalue weighted by atomic mass is 9.96. The van der Waals surface area contributed by atoms with Crippen LogP contribution in [0.4, 0.5) is 16.2 Å². The van der Waals surface area contributed by atoms with Gasteiger partial charge in [-0.15, -0.1) is 12.4 Å². The van der Waals surface area contributed by atoms with Crippen molar-refractivity contribution in [2.24, 2.45) is 5.73 Å². The molecule has 3 amide bonds. The van der Waals surface area contributed by atoms with Crippen molar-refractivity contribution in [3.05, 3.63) is 24.3 Å². The first kappa shape index (κ1) is 19.2. The highest BCUT2D eigenvalue weighted by Gasteiger charge is 2.27. The fourth-order valence-corrected chi connectivity index (χ4v) is 1.78. The van der Waals surface area contributed by atoms with Gasteiger partial charge in [0.15, 0.2) is 0 Å². The number of rotatable bonds is 5. The van der Waals surface area contributed by atoms with Crippen molar-refractivity contribution in [1.29, 1.82) is 0 Å². The average Bonchev–Trinajstić information content (AvgIpc) is 2.38. The lowest BCUT2D eigenvalue weighted by Crippen LogP contribution is -2.48. The Morgan fingerprint density at radius 1 is 1.24 bits per heavy atom. The molecule has 1 atom stereocenters. The van der Waals surface area contributed by atoms with Gasteiger partial charge in [-0.2, -0.15) is 0 Å². The van der Waals surface area contributed by atoms with E-state index in [1.165, 1.54) is 7.05 Å². The molecule has 0 bridgehead atoms. The molecule has 0 aliphatic rings. The Kier molecular flexibility index (Phi) is 7.76. The molecule has 1 unspecified atom stereocenters. The maximum absolute atomic E-state index is 12.1. The quantitative estimate of drug-likeness (QED) is 0.671. The summed E-state index contributed by atoms with van der Waals surface area (Å²) in [6.45, 7) is 3.69. The highest BCUT2D eigenvalue weighted by Crippen LogP contribution is 2.17. The van der Waals surface area contributed by atoms with Crippen LogP contribution in [0.5, 0.6) is 0 Å². The summed E-state index contributed by atoms with van der Waals surface area (Å²) in [7, 11) is 1.53. The minimum atomic E-state index is -0.904. The number of hydrogen-bond acceptors (Lipinski definition) is 3. The van der Waals surface area contributed by atoms with Gasteiger partial charge in [-0.3, -0.25) is 4.79 Å². The first-order valence-electron chi connectivity index (χ1n) is 6.58. The van der Waals surface area contributed by atoms with Gasteiger partial charge >= 0.3 is 6.03 Å². The van der Waals surface area contributed by atoms with E-state index >= 15 is 0 Å². The van der Waals surface area contributed by atoms with Crippen molar-refractivity contribution in [1.82, 2.24) is 5.32 Å². The van der Waals surface area contributed by atoms with Gasteiger partial charge in [0.2, 0.25) is 5.91 Å². The summed E-state index contributed by atoms with van der Waals surface area (Å²) in [5, 5.41) is 7.86. The summed E-state index contributed by atoms with van der Waals surface area (Å²) >= 11 is 0. The molecule has 1 aromatic rings. The third-order valence-corrected chi connectivity index (χ3v) is 2.89. The first-order chi connectivity index (χ1) is 9.39. The van der Waals surface area contributed by atoms with Crippen LogP contribution in [0.1, 0.15) is 26.7 Å². The number of benzene rings is 1. The van der Waals surface area contributed by atoms with Crippen molar-refractivity contribution in [3.63, 3.8) is 0 Å². The molecule has 21 heavy (non-hydrogen) atoms. The number of nitrogens with one attached hydrogen (secondary N) is 3. The molecule has 6 nitrogen and oxygen atoms in total. The van der Waals surface area contributed by atoms with Crippen molar-refractivity contribution in [3.8, 4) is 0 Å². The molecule has 1 aromatic carbocycles. The Morgan fingerprint density at radius 2 is 1.81 bits per heavy atom. The lowest BCUT2D eigenvalue weighted by Gasteiger charge is -2.23. The van der Waals surface area contributed by atoms with Gasteiger partial charge in [-0.1, -0.05) is 19.4 Å². The number of hydrogen-bond donors (Lipinski definition) is 4. The molecule has 0 aliphatic heterocycles. The molecule has 0 saturated heterocycles. The van der Waals surface area contributed by atoms with Gasteiger partial charge in [-0.05, 0) is 31.5 Å². The Bertz CT molecular complexity index is 492. The first-order valence-corrected chi connectivity index (χ1v) is 6.58. The molecule has 0 aromatic heterocycles. The van der Waals surface area contributed by atoms with Crippen LogP contribution in [0.3, 0.4) is 0 Å². The van der Waals surface area contributed by atoms with Crippen LogP contribution >= 0.6 is 12.4 Å². The molecule has 118 valence electrons. The maximum Gasteiger partial charge on any atom is 0.318 e. The Morgan fingerprint density at radius 3 is 2.33 bits per heavy atom. The van der Waals surface area contributed by atoms with E-state index in [4.69, 9.17) is 5.73 Å². The van der Waals surface area contributed by atoms with Crippen LogP contribution in [0.15, 0.2) is 24.3 Å². The monoisotopic (exact) mass is 314 g/mol. The van der Waals surface area contributed by atoms with Crippen LogP contribution in [0.2, 0.25) is 0 Å². The smallest absolute Gasteiger partial charge is 0.318 e. The fourth-order valence-electron chi connectivity index (χ4n) is 1.78. The van der Waals surface area contributed by atoms with Gasteiger partial charge < -0.3 is 21.7 Å². The second kappa shape index (κ2) is 8.49. The summed E-state index contributed by atoms with van der Waals surface area (Å²) in [4.78, 5) is 23.3. The van der Waals surface area contributed by atoms with E-state index in [0.29, 0.717) is 17.8 Å². The van der Waals surface area contributed by atoms with E-state index in [1.54, 1.807) is 31.2 Å². The highest BCUT2D eigenvalue weighted by molar-refractivity contribution is 5.98. The zero-order valence-electron chi connectivity index (χ0n) is 12.5. The van der Waals surface area contributed by atoms with Crippen LogP contribution < -0.4 is 21.7 Å². The molecule has 1 rings (SSSR count). The summed E-state index contributed by atoms with van der Waals surface area (Å²) in [5.74, 6) is -0.239. The molecule has 5 N–H and O–H groups in total. The maximum atomic E-state index is 12.1. The number of nitrogens with two attached hydrogens (primary N) is 1. The summed E-state index contributed by atoms with van der Waals surface area (Å²) in [6, 6.07) is 6.58. The SMILES string of the molecule is CCCC(C)(N)C(=O)Nc1cccc(NC(=O)NC)c1.Cl. The third kappa shape index (κ3) is 6.01. The molecular formula is C14H23ClN4O2. The zero-order chi connectivity index (χ0) is 15.2. The van der Waals surface area contributed by atoms with Gasteiger partial charge in [0.05, 0.1) is 5.54 Å². The van der Waals surface area contributed by atoms with Crippen LogP contribution in [0, 0.1) is 0 Å². The standard InChI is InChI=1S/C14H22N4O2.ClH/c1-4-8-14(2,15)12(19)17-10-6-5-7-11(9-10)18-13(20)16-3;/h5-7,9H,4,8,15H2,1-3H3,(H,17,19)(H2,16,18,20);1H. The lowest BCUT2D eigenvalue weighted by molar-refractivity contribution is -0.120. The van der Waals surface area contributed by atoms with E-state index in [9.17, 15) is 9.59 Å². The predicted octanol–water partition coefficient (Wildman–Crippen LogP) is 2.32. The molecular weight excluding hydrogens is 292 g/mol. The van der Waals surface area contributed by atoms with E-state index in [2.05, 4.69) is 16.0 Å². The summed E-state index contributed by atoms with van der Waals surface area (Å²) in [6.07, 6.45) is 1.44. The van der Waals surface area contributed by atoms with Gasteiger partial charge in [-0.25, -0.2) is 4.79 Å².